The molecule has 0 bridgehead atoms. The molecule has 20 heavy (non-hydrogen) atoms. The van der Waals surface area contributed by atoms with Gasteiger partial charge in [-0.25, -0.2) is 0 Å². The van der Waals surface area contributed by atoms with Crippen LogP contribution in [0.15, 0.2) is 29.6 Å². The third-order valence-corrected chi connectivity index (χ3v) is 3.73. The number of Topliss-reactive ketones (excluding diaryl/α,β-unsaturated/α-hetero) is 1. The lowest BCUT2D eigenvalue weighted by Gasteiger charge is -2.02. The number of ketones is 1. The van der Waals surface area contributed by atoms with Crippen molar-refractivity contribution in [2.45, 2.75) is 6.92 Å². The fourth-order valence-corrected chi connectivity index (χ4v) is 2.59. The number of nitrogens with zero attached hydrogens (tertiary/aromatic N) is 2. The third kappa shape index (κ3) is 2.30. The van der Waals surface area contributed by atoms with Crippen LogP contribution in [0.25, 0.3) is 11.0 Å². The van der Waals surface area contributed by atoms with Gasteiger partial charge < -0.3 is 5.32 Å². The number of rotatable bonds is 3. The summed E-state index contributed by atoms with van der Waals surface area (Å²) in [6.45, 7) is 1.47. The summed E-state index contributed by atoms with van der Waals surface area (Å²) in [5.41, 5.74) is 2.60. The second-order valence-corrected chi connectivity index (χ2v) is 5.15. The Kier molecular flexibility index (Phi) is 3.03. The molecule has 0 fully saturated rings. The number of carbonyl (C=O) groups excluding carboxylic acids is 2. The van der Waals surface area contributed by atoms with Crippen LogP contribution in [-0.2, 0) is 0 Å². The van der Waals surface area contributed by atoms with Gasteiger partial charge in [-0.15, -0.1) is 11.3 Å². The van der Waals surface area contributed by atoms with Gasteiger partial charge in [-0.1, -0.05) is 0 Å². The number of thiophene rings is 1. The molecule has 2 aromatic heterocycles. The number of amides is 1. The number of fused-ring (bicyclic) bond motifs is 1. The summed E-state index contributed by atoms with van der Waals surface area (Å²) in [5.74, 6) is -0.297. The average Bonchev–Trinajstić information content (AvgIpc) is 3.07. The molecule has 1 aromatic carbocycles. The fourth-order valence-electron chi connectivity index (χ4n) is 1.75. The number of hydrogen-bond acceptors (Lipinski definition) is 5. The Morgan fingerprint density at radius 3 is 2.75 bits per heavy atom. The number of benzene rings is 1. The number of aromatic amines is 1. The van der Waals surface area contributed by atoms with Gasteiger partial charge in [-0.2, -0.15) is 15.4 Å². The number of H-pyrrole nitrogens is 1. The van der Waals surface area contributed by atoms with Crippen LogP contribution >= 0.6 is 11.3 Å². The molecule has 2 heterocycles. The van der Waals surface area contributed by atoms with Crippen LogP contribution in [-0.4, -0.2) is 27.1 Å². The number of anilines is 1. The summed E-state index contributed by atoms with van der Waals surface area (Å²) in [4.78, 5) is 23.8. The van der Waals surface area contributed by atoms with Crippen molar-refractivity contribution in [1.82, 2.24) is 15.4 Å². The van der Waals surface area contributed by atoms with Crippen LogP contribution in [0, 0.1) is 0 Å². The van der Waals surface area contributed by atoms with Gasteiger partial charge in [0.2, 0.25) is 0 Å². The van der Waals surface area contributed by atoms with Gasteiger partial charge in [0.1, 0.15) is 11.0 Å². The van der Waals surface area contributed by atoms with E-state index in [9.17, 15) is 9.59 Å². The molecule has 1 amide bonds. The lowest BCUT2D eigenvalue weighted by molar-refractivity contribution is 0.101. The summed E-state index contributed by atoms with van der Waals surface area (Å²) in [5, 5.41) is 14.9. The molecule has 0 aliphatic rings. The van der Waals surface area contributed by atoms with E-state index in [0.717, 1.165) is 5.52 Å². The van der Waals surface area contributed by atoms with E-state index in [0.29, 0.717) is 21.6 Å². The predicted octanol–water partition coefficient (Wildman–Crippen LogP) is 2.47. The van der Waals surface area contributed by atoms with Gasteiger partial charge in [0.25, 0.3) is 5.91 Å². The number of carbonyl (C=O) groups is 2. The van der Waals surface area contributed by atoms with Gasteiger partial charge in [-0.3, -0.25) is 9.59 Å². The Labute approximate surface area is 117 Å². The second-order valence-electron chi connectivity index (χ2n) is 4.24. The van der Waals surface area contributed by atoms with Crippen molar-refractivity contribution in [3.05, 3.63) is 40.1 Å². The first-order valence-corrected chi connectivity index (χ1v) is 6.73. The molecule has 0 aliphatic heterocycles. The van der Waals surface area contributed by atoms with Crippen molar-refractivity contribution in [3.63, 3.8) is 0 Å². The maximum Gasteiger partial charge on any atom is 0.265 e. The number of aromatic nitrogens is 3. The molecular formula is C13H10N4O2S. The van der Waals surface area contributed by atoms with Crippen molar-refractivity contribution in [2.75, 3.05) is 5.32 Å². The zero-order valence-electron chi connectivity index (χ0n) is 10.5. The first-order chi connectivity index (χ1) is 9.63. The highest BCUT2D eigenvalue weighted by Crippen LogP contribution is 2.19. The maximum atomic E-state index is 12.1. The molecule has 0 radical (unpaired) electrons. The van der Waals surface area contributed by atoms with Gasteiger partial charge in [-0.05, 0) is 31.2 Å². The van der Waals surface area contributed by atoms with E-state index in [-0.39, 0.29) is 11.7 Å². The van der Waals surface area contributed by atoms with Crippen LogP contribution in [0.3, 0.4) is 0 Å². The summed E-state index contributed by atoms with van der Waals surface area (Å²) < 4.78 is 0. The fraction of sp³-hybridized carbons (Fsp3) is 0.0769. The molecule has 3 rings (SSSR count). The molecule has 0 saturated carbocycles. The average molecular weight is 286 g/mol. The minimum Gasteiger partial charge on any atom is -0.321 e. The zero-order chi connectivity index (χ0) is 14.1. The standard InChI is InChI=1S/C13H10N4O2S/c1-7(18)8-4-12(20-6-8)13(19)14-9-2-3-10-11(5-9)16-17-15-10/h2-6H,1H3,(H,14,19)(H,15,16,17). The van der Waals surface area contributed by atoms with E-state index in [1.165, 1.54) is 18.3 Å². The molecular weight excluding hydrogens is 276 g/mol. The van der Waals surface area contributed by atoms with E-state index in [1.54, 1.807) is 29.6 Å². The van der Waals surface area contributed by atoms with E-state index in [1.807, 2.05) is 0 Å². The normalized spacial score (nSPS) is 10.7. The Morgan fingerprint density at radius 1 is 1.20 bits per heavy atom. The topological polar surface area (TPSA) is 87.7 Å². The zero-order valence-corrected chi connectivity index (χ0v) is 11.3. The highest BCUT2D eigenvalue weighted by atomic mass is 32.1. The monoisotopic (exact) mass is 286 g/mol. The van der Waals surface area contributed by atoms with E-state index < -0.39 is 0 Å². The minimum atomic E-state index is -0.245. The smallest absolute Gasteiger partial charge is 0.265 e. The Balaban J connectivity index is 1.82. The molecule has 0 atom stereocenters. The Bertz CT molecular complexity index is 805. The first-order valence-electron chi connectivity index (χ1n) is 5.85. The van der Waals surface area contributed by atoms with Gasteiger partial charge in [0.05, 0.1) is 4.88 Å². The summed E-state index contributed by atoms with van der Waals surface area (Å²) in [6.07, 6.45) is 0. The van der Waals surface area contributed by atoms with Crippen molar-refractivity contribution < 1.29 is 9.59 Å². The molecule has 0 unspecified atom stereocenters. The highest BCUT2D eigenvalue weighted by Gasteiger charge is 2.12. The molecule has 0 spiro atoms. The van der Waals surface area contributed by atoms with Gasteiger partial charge in [0, 0.05) is 16.6 Å². The quantitative estimate of drug-likeness (QED) is 0.724. The number of hydrogen-bond donors (Lipinski definition) is 2. The second kappa shape index (κ2) is 4.86. The van der Waals surface area contributed by atoms with E-state index >= 15 is 0 Å². The van der Waals surface area contributed by atoms with Gasteiger partial charge in [0.15, 0.2) is 5.78 Å². The van der Waals surface area contributed by atoms with Crippen LogP contribution in [0.4, 0.5) is 5.69 Å². The van der Waals surface area contributed by atoms with E-state index in [2.05, 4.69) is 20.7 Å². The van der Waals surface area contributed by atoms with Crippen LogP contribution in [0.5, 0.6) is 0 Å². The van der Waals surface area contributed by atoms with Crippen LogP contribution in [0.2, 0.25) is 0 Å². The summed E-state index contributed by atoms with van der Waals surface area (Å²) in [7, 11) is 0. The maximum absolute atomic E-state index is 12.1. The first kappa shape index (κ1) is 12.5. The van der Waals surface area contributed by atoms with Crippen molar-refractivity contribution in [2.24, 2.45) is 0 Å². The van der Waals surface area contributed by atoms with Gasteiger partial charge >= 0.3 is 0 Å². The van der Waals surface area contributed by atoms with Crippen molar-refractivity contribution in [3.8, 4) is 0 Å². The van der Waals surface area contributed by atoms with Crippen molar-refractivity contribution >= 4 is 39.7 Å². The van der Waals surface area contributed by atoms with Crippen molar-refractivity contribution in [1.29, 1.82) is 0 Å². The van der Waals surface area contributed by atoms with E-state index in [4.69, 9.17) is 0 Å². The van der Waals surface area contributed by atoms with Crippen LogP contribution in [0.1, 0.15) is 27.0 Å². The molecule has 3 aromatic rings. The Morgan fingerprint density at radius 2 is 2.00 bits per heavy atom. The Hall–Kier alpha value is -2.54. The molecule has 100 valence electrons. The molecule has 7 heteroatoms. The summed E-state index contributed by atoms with van der Waals surface area (Å²) in [6, 6.07) is 6.85. The lowest BCUT2D eigenvalue weighted by atomic mass is 10.2. The predicted molar refractivity (Wildman–Crippen MR) is 76.2 cm³/mol. The third-order valence-electron chi connectivity index (χ3n) is 2.80. The molecule has 0 saturated heterocycles. The SMILES string of the molecule is CC(=O)c1csc(C(=O)Nc2ccc3n[nH]nc3c2)c1. The molecule has 0 aliphatic carbocycles. The highest BCUT2D eigenvalue weighted by molar-refractivity contribution is 7.12. The number of nitrogens with one attached hydrogen (secondary N) is 2. The minimum absolute atomic E-state index is 0.0516. The molecule has 2 N–H and O–H groups in total. The molecule has 6 nitrogen and oxygen atoms in total. The summed E-state index contributed by atoms with van der Waals surface area (Å²) >= 11 is 1.24. The van der Waals surface area contributed by atoms with Crippen LogP contribution < -0.4 is 5.32 Å². The largest absolute Gasteiger partial charge is 0.321 e. The lowest BCUT2D eigenvalue weighted by Crippen LogP contribution is -2.10.